The Morgan fingerprint density at radius 2 is 1.89 bits per heavy atom. The zero-order chi connectivity index (χ0) is 19.6. The molecule has 0 unspecified atom stereocenters. The molecule has 3 atom stereocenters. The molecule has 0 radical (unpaired) electrons. The molecule has 4 heteroatoms. The van der Waals surface area contributed by atoms with Crippen molar-refractivity contribution in [3.63, 3.8) is 0 Å². The SMILES string of the molecule is CC[C@]1(CO)C[C@H]2CC[C@@H]1N2C(=O)Cc1ccccc1OCc1ccccc1. The topological polar surface area (TPSA) is 49.8 Å². The molecule has 2 aromatic carbocycles. The molecule has 2 saturated heterocycles. The molecule has 2 aromatic rings. The molecular weight excluding hydrogens is 350 g/mol. The van der Waals surface area contributed by atoms with Crippen molar-refractivity contribution in [3.8, 4) is 5.75 Å². The molecule has 148 valence electrons. The van der Waals surface area contributed by atoms with E-state index in [0.717, 1.165) is 42.6 Å². The molecule has 0 spiro atoms. The van der Waals surface area contributed by atoms with Gasteiger partial charge in [0, 0.05) is 23.1 Å². The van der Waals surface area contributed by atoms with Gasteiger partial charge in [-0.3, -0.25) is 4.79 Å². The Balaban J connectivity index is 1.47. The Hall–Kier alpha value is -2.33. The van der Waals surface area contributed by atoms with Crippen molar-refractivity contribution < 1.29 is 14.6 Å². The second kappa shape index (κ2) is 7.96. The quantitative estimate of drug-likeness (QED) is 0.792. The fraction of sp³-hybridized carbons (Fsp3) is 0.458. The first-order valence-corrected chi connectivity index (χ1v) is 10.3. The van der Waals surface area contributed by atoms with E-state index in [2.05, 4.69) is 11.8 Å². The first-order valence-electron chi connectivity index (χ1n) is 10.3. The van der Waals surface area contributed by atoms with E-state index in [4.69, 9.17) is 4.74 Å². The molecule has 1 amide bonds. The van der Waals surface area contributed by atoms with Crippen LogP contribution in [0.2, 0.25) is 0 Å². The van der Waals surface area contributed by atoms with Crippen molar-refractivity contribution in [2.75, 3.05) is 6.61 Å². The number of hydrogen-bond acceptors (Lipinski definition) is 3. The molecule has 28 heavy (non-hydrogen) atoms. The monoisotopic (exact) mass is 379 g/mol. The Labute approximate surface area is 167 Å². The van der Waals surface area contributed by atoms with Crippen LogP contribution in [0.1, 0.15) is 43.7 Å². The Kier molecular flexibility index (Phi) is 5.40. The van der Waals surface area contributed by atoms with Gasteiger partial charge in [0.1, 0.15) is 12.4 Å². The molecule has 2 aliphatic rings. The van der Waals surface area contributed by atoms with E-state index in [0.29, 0.717) is 13.0 Å². The third-order valence-corrected chi connectivity index (χ3v) is 6.71. The highest BCUT2D eigenvalue weighted by molar-refractivity contribution is 5.81. The van der Waals surface area contributed by atoms with Gasteiger partial charge in [-0.2, -0.15) is 0 Å². The third kappa shape index (κ3) is 3.42. The molecule has 0 saturated carbocycles. The smallest absolute Gasteiger partial charge is 0.227 e. The van der Waals surface area contributed by atoms with E-state index >= 15 is 0 Å². The Morgan fingerprint density at radius 1 is 1.14 bits per heavy atom. The van der Waals surface area contributed by atoms with Gasteiger partial charge in [-0.15, -0.1) is 0 Å². The summed E-state index contributed by atoms with van der Waals surface area (Å²) in [6.45, 7) is 2.79. The average molecular weight is 380 g/mol. The lowest BCUT2D eigenvalue weighted by Gasteiger charge is -2.34. The fourth-order valence-corrected chi connectivity index (χ4v) is 5.11. The lowest BCUT2D eigenvalue weighted by molar-refractivity contribution is -0.132. The van der Waals surface area contributed by atoms with E-state index in [-0.39, 0.29) is 30.0 Å². The molecule has 1 N–H and O–H groups in total. The van der Waals surface area contributed by atoms with Crippen LogP contribution in [0.5, 0.6) is 5.75 Å². The zero-order valence-electron chi connectivity index (χ0n) is 16.5. The van der Waals surface area contributed by atoms with Crippen LogP contribution < -0.4 is 4.74 Å². The lowest BCUT2D eigenvalue weighted by atomic mass is 9.72. The molecule has 2 heterocycles. The predicted octanol–water partition coefficient (Wildman–Crippen LogP) is 3.96. The number of fused-ring (bicyclic) bond motifs is 2. The summed E-state index contributed by atoms with van der Waals surface area (Å²) in [5.41, 5.74) is 1.93. The van der Waals surface area contributed by atoms with Gasteiger partial charge in [0.25, 0.3) is 0 Å². The normalized spacial score (nSPS) is 25.9. The van der Waals surface area contributed by atoms with Crippen molar-refractivity contribution in [3.05, 3.63) is 65.7 Å². The number of ether oxygens (including phenoxy) is 1. The largest absolute Gasteiger partial charge is 0.489 e. The number of aliphatic hydroxyl groups is 1. The molecule has 4 rings (SSSR count). The highest BCUT2D eigenvalue weighted by Gasteiger charge is 2.56. The van der Waals surface area contributed by atoms with Gasteiger partial charge >= 0.3 is 0 Å². The number of aliphatic hydroxyl groups excluding tert-OH is 1. The number of benzene rings is 2. The minimum Gasteiger partial charge on any atom is -0.489 e. The number of hydrogen-bond donors (Lipinski definition) is 1. The van der Waals surface area contributed by atoms with Gasteiger partial charge in [-0.1, -0.05) is 55.5 Å². The summed E-state index contributed by atoms with van der Waals surface area (Å²) >= 11 is 0. The highest BCUT2D eigenvalue weighted by Crippen LogP contribution is 2.51. The Morgan fingerprint density at radius 3 is 2.61 bits per heavy atom. The van der Waals surface area contributed by atoms with Gasteiger partial charge in [-0.05, 0) is 37.3 Å². The average Bonchev–Trinajstić information content (AvgIpc) is 3.30. The number of nitrogens with zero attached hydrogens (tertiary/aromatic N) is 1. The maximum Gasteiger partial charge on any atom is 0.227 e. The van der Waals surface area contributed by atoms with Crippen LogP contribution in [0.3, 0.4) is 0 Å². The van der Waals surface area contributed by atoms with Crippen molar-refractivity contribution in [2.45, 2.75) is 57.7 Å². The summed E-state index contributed by atoms with van der Waals surface area (Å²) in [7, 11) is 0. The standard InChI is InChI=1S/C24H29NO3/c1-2-24(17-26)15-20-12-13-22(24)25(20)23(27)14-19-10-6-7-11-21(19)28-16-18-8-4-3-5-9-18/h3-11,20,22,26H,2,12-17H2,1H3/t20-,22+,24-/m1/s1. The van der Waals surface area contributed by atoms with Gasteiger partial charge in [0.15, 0.2) is 0 Å². The third-order valence-electron chi connectivity index (χ3n) is 6.71. The number of amides is 1. The minimum atomic E-state index is -0.109. The number of carbonyl (C=O) groups is 1. The second-order valence-corrected chi connectivity index (χ2v) is 8.18. The molecule has 2 aliphatic heterocycles. The molecule has 2 bridgehead atoms. The van der Waals surface area contributed by atoms with Crippen LogP contribution >= 0.6 is 0 Å². The summed E-state index contributed by atoms with van der Waals surface area (Å²) in [6.07, 6.45) is 4.28. The van der Waals surface area contributed by atoms with Crippen molar-refractivity contribution >= 4 is 5.91 Å². The Bertz CT molecular complexity index is 816. The van der Waals surface area contributed by atoms with Crippen LogP contribution in [-0.4, -0.2) is 34.6 Å². The van der Waals surface area contributed by atoms with E-state index in [1.807, 2.05) is 54.6 Å². The van der Waals surface area contributed by atoms with Gasteiger partial charge < -0.3 is 14.7 Å². The van der Waals surface area contributed by atoms with Gasteiger partial charge in [0.05, 0.1) is 13.0 Å². The second-order valence-electron chi connectivity index (χ2n) is 8.18. The molecule has 0 aliphatic carbocycles. The van der Waals surface area contributed by atoms with Crippen LogP contribution in [0.4, 0.5) is 0 Å². The maximum absolute atomic E-state index is 13.2. The number of carbonyl (C=O) groups excluding carboxylic acids is 1. The summed E-state index contributed by atoms with van der Waals surface area (Å²) in [4.78, 5) is 15.3. The fourth-order valence-electron chi connectivity index (χ4n) is 5.11. The van der Waals surface area contributed by atoms with Crippen LogP contribution in [0.15, 0.2) is 54.6 Å². The lowest BCUT2D eigenvalue weighted by Crippen LogP contribution is -2.42. The molecular formula is C24H29NO3. The van der Waals surface area contributed by atoms with Crippen LogP contribution in [-0.2, 0) is 17.8 Å². The van der Waals surface area contributed by atoms with Gasteiger partial charge in [-0.25, -0.2) is 0 Å². The number of rotatable bonds is 7. The summed E-state index contributed by atoms with van der Waals surface area (Å²) in [5, 5.41) is 9.99. The zero-order valence-corrected chi connectivity index (χ0v) is 16.5. The van der Waals surface area contributed by atoms with Gasteiger partial charge in [0.2, 0.25) is 5.91 Å². The van der Waals surface area contributed by atoms with E-state index in [1.165, 1.54) is 0 Å². The van der Waals surface area contributed by atoms with Crippen LogP contribution in [0.25, 0.3) is 0 Å². The summed E-state index contributed by atoms with van der Waals surface area (Å²) in [6, 6.07) is 18.3. The summed E-state index contributed by atoms with van der Waals surface area (Å²) in [5.74, 6) is 0.933. The van der Waals surface area contributed by atoms with E-state index in [9.17, 15) is 9.90 Å². The number of para-hydroxylation sites is 1. The molecule has 4 nitrogen and oxygen atoms in total. The first kappa shape index (κ1) is 19.0. The van der Waals surface area contributed by atoms with Crippen molar-refractivity contribution in [1.29, 1.82) is 0 Å². The highest BCUT2D eigenvalue weighted by atomic mass is 16.5. The summed E-state index contributed by atoms with van der Waals surface area (Å²) < 4.78 is 6.03. The predicted molar refractivity (Wildman–Crippen MR) is 109 cm³/mol. The van der Waals surface area contributed by atoms with E-state index < -0.39 is 0 Å². The van der Waals surface area contributed by atoms with Crippen molar-refractivity contribution in [1.82, 2.24) is 4.90 Å². The first-order chi connectivity index (χ1) is 13.7. The molecule has 0 aromatic heterocycles. The molecule has 2 fully saturated rings. The van der Waals surface area contributed by atoms with E-state index in [1.54, 1.807) is 0 Å². The van der Waals surface area contributed by atoms with Crippen LogP contribution in [0, 0.1) is 5.41 Å². The van der Waals surface area contributed by atoms with Crippen molar-refractivity contribution in [2.24, 2.45) is 5.41 Å². The maximum atomic E-state index is 13.2. The minimum absolute atomic E-state index is 0.109.